The summed E-state index contributed by atoms with van der Waals surface area (Å²) in [4.78, 5) is 30.0. The zero-order chi connectivity index (χ0) is 19.6. The smallest absolute Gasteiger partial charge is 0.431 e. The normalized spacial score (nSPS) is 15.0. The van der Waals surface area contributed by atoms with Gasteiger partial charge in [-0.3, -0.25) is 9.59 Å². The summed E-state index contributed by atoms with van der Waals surface area (Å²) in [6.07, 6.45) is -3.47. The number of benzene rings is 1. The van der Waals surface area contributed by atoms with E-state index in [4.69, 9.17) is 4.74 Å². The minimum atomic E-state index is -4.53. The van der Waals surface area contributed by atoms with Crippen LogP contribution in [0.5, 0.6) is 5.75 Å². The summed E-state index contributed by atoms with van der Waals surface area (Å²) in [6, 6.07) is 7.51. The minimum Gasteiger partial charge on any atom is -0.497 e. The van der Waals surface area contributed by atoms with Crippen molar-refractivity contribution in [1.29, 1.82) is 0 Å². The minimum absolute atomic E-state index is 0.0442. The Bertz CT molecular complexity index is 822. The van der Waals surface area contributed by atoms with Crippen molar-refractivity contribution in [2.75, 3.05) is 33.3 Å². The molecule has 0 saturated carbocycles. The zero-order valence-electron chi connectivity index (χ0n) is 14.5. The first-order valence-electron chi connectivity index (χ1n) is 8.28. The van der Waals surface area contributed by atoms with Gasteiger partial charge in [-0.2, -0.15) is 13.2 Å². The number of carbonyl (C=O) groups is 2. The maximum absolute atomic E-state index is 12.6. The van der Waals surface area contributed by atoms with Crippen molar-refractivity contribution in [3.05, 3.63) is 53.3 Å². The summed E-state index contributed by atoms with van der Waals surface area (Å²) in [7, 11) is 1.54. The van der Waals surface area contributed by atoms with Gasteiger partial charge in [-0.05, 0) is 30.3 Å². The van der Waals surface area contributed by atoms with Crippen LogP contribution in [0, 0.1) is 0 Å². The molecule has 0 aliphatic carbocycles. The van der Waals surface area contributed by atoms with Crippen LogP contribution in [0.1, 0.15) is 26.4 Å². The quantitative estimate of drug-likeness (QED) is 0.889. The first kappa shape index (κ1) is 18.8. The highest BCUT2D eigenvalue weighted by molar-refractivity contribution is 5.96. The van der Waals surface area contributed by atoms with Gasteiger partial charge in [0.05, 0.1) is 12.7 Å². The van der Waals surface area contributed by atoms with E-state index >= 15 is 0 Å². The van der Waals surface area contributed by atoms with Crippen LogP contribution in [0.3, 0.4) is 0 Å². The van der Waals surface area contributed by atoms with E-state index in [1.807, 2.05) is 0 Å². The third kappa shape index (κ3) is 4.07. The molecular weight excluding hydrogens is 363 g/mol. The summed E-state index contributed by atoms with van der Waals surface area (Å²) in [5, 5.41) is 0. The molecule has 0 radical (unpaired) electrons. The van der Waals surface area contributed by atoms with Gasteiger partial charge in [-0.1, -0.05) is 0 Å². The average molecular weight is 381 g/mol. The average Bonchev–Trinajstić information content (AvgIpc) is 3.18. The second-order valence-corrected chi connectivity index (χ2v) is 6.11. The summed E-state index contributed by atoms with van der Waals surface area (Å²) >= 11 is 0. The molecule has 1 aromatic heterocycles. The maximum Gasteiger partial charge on any atom is 0.431 e. The number of hydrogen-bond acceptors (Lipinski definition) is 3. The predicted octanol–water partition coefficient (Wildman–Crippen LogP) is 2.64. The van der Waals surface area contributed by atoms with Crippen LogP contribution in [0.4, 0.5) is 13.2 Å². The summed E-state index contributed by atoms with van der Waals surface area (Å²) in [5.41, 5.74) is -0.493. The van der Waals surface area contributed by atoms with E-state index in [9.17, 15) is 22.8 Å². The van der Waals surface area contributed by atoms with Crippen molar-refractivity contribution in [2.45, 2.75) is 6.18 Å². The number of nitrogens with zero attached hydrogens (tertiary/aromatic N) is 2. The molecule has 2 amide bonds. The van der Waals surface area contributed by atoms with Gasteiger partial charge < -0.3 is 19.5 Å². The molecule has 9 heteroatoms. The number of amides is 2. The molecule has 1 aliphatic rings. The number of carbonyl (C=O) groups excluding carboxylic acids is 2. The van der Waals surface area contributed by atoms with Gasteiger partial charge in [-0.15, -0.1) is 0 Å². The van der Waals surface area contributed by atoms with Crippen LogP contribution in [0.2, 0.25) is 0 Å². The van der Waals surface area contributed by atoms with Crippen LogP contribution in [-0.4, -0.2) is 59.9 Å². The number of ether oxygens (including phenoxy) is 1. The molecule has 27 heavy (non-hydrogen) atoms. The molecule has 0 unspecified atom stereocenters. The van der Waals surface area contributed by atoms with E-state index in [1.165, 1.54) is 12.0 Å². The Kier molecular flexibility index (Phi) is 5.11. The third-order valence-electron chi connectivity index (χ3n) is 4.43. The Morgan fingerprint density at radius 2 is 1.48 bits per heavy atom. The van der Waals surface area contributed by atoms with Gasteiger partial charge >= 0.3 is 6.18 Å². The molecule has 1 N–H and O–H groups in total. The van der Waals surface area contributed by atoms with Crippen LogP contribution >= 0.6 is 0 Å². The van der Waals surface area contributed by atoms with E-state index in [1.54, 1.807) is 29.2 Å². The van der Waals surface area contributed by atoms with Crippen molar-refractivity contribution in [2.24, 2.45) is 0 Å². The lowest BCUT2D eigenvalue weighted by Gasteiger charge is -2.34. The molecule has 1 aliphatic heterocycles. The second-order valence-electron chi connectivity index (χ2n) is 6.11. The lowest BCUT2D eigenvalue weighted by atomic mass is 10.1. The van der Waals surface area contributed by atoms with Crippen LogP contribution in [0.25, 0.3) is 0 Å². The molecule has 144 valence electrons. The predicted molar refractivity (Wildman–Crippen MR) is 90.6 cm³/mol. The zero-order valence-corrected chi connectivity index (χ0v) is 14.5. The Labute approximate surface area is 153 Å². The standard InChI is InChI=1S/C18H18F3N3O3/c1-27-14-4-2-12(3-5-14)16(25)23-6-8-24(9-7-23)17(26)13-10-15(22-11-13)18(19,20)21/h2-5,10-11,22H,6-9H2,1H3. The highest BCUT2D eigenvalue weighted by Crippen LogP contribution is 2.28. The molecule has 3 rings (SSSR count). The third-order valence-corrected chi connectivity index (χ3v) is 4.43. The number of rotatable bonds is 3. The molecular formula is C18H18F3N3O3. The Hall–Kier alpha value is -2.97. The Balaban J connectivity index is 1.60. The number of nitrogens with one attached hydrogen (secondary N) is 1. The van der Waals surface area contributed by atoms with E-state index in [0.717, 1.165) is 12.3 Å². The van der Waals surface area contributed by atoms with Crippen molar-refractivity contribution in [3.8, 4) is 5.75 Å². The number of hydrogen-bond donors (Lipinski definition) is 1. The van der Waals surface area contributed by atoms with Crippen molar-refractivity contribution >= 4 is 11.8 Å². The molecule has 0 bridgehead atoms. The topological polar surface area (TPSA) is 65.6 Å². The molecule has 1 fully saturated rings. The van der Waals surface area contributed by atoms with E-state index in [2.05, 4.69) is 4.98 Å². The van der Waals surface area contributed by atoms with Crippen molar-refractivity contribution in [1.82, 2.24) is 14.8 Å². The Morgan fingerprint density at radius 1 is 0.963 bits per heavy atom. The van der Waals surface area contributed by atoms with Crippen LogP contribution in [0.15, 0.2) is 36.5 Å². The number of aromatic amines is 1. The molecule has 2 heterocycles. The van der Waals surface area contributed by atoms with Gasteiger partial charge in [0.25, 0.3) is 11.8 Å². The second kappa shape index (κ2) is 7.34. The monoisotopic (exact) mass is 381 g/mol. The van der Waals surface area contributed by atoms with Crippen LogP contribution in [-0.2, 0) is 6.18 Å². The summed E-state index contributed by atoms with van der Waals surface area (Å²) in [6.45, 7) is 1.14. The lowest BCUT2D eigenvalue weighted by molar-refractivity contribution is -0.140. The fourth-order valence-electron chi connectivity index (χ4n) is 2.89. The number of H-pyrrole nitrogens is 1. The van der Waals surface area contributed by atoms with E-state index in [-0.39, 0.29) is 24.6 Å². The molecule has 6 nitrogen and oxygen atoms in total. The summed E-state index contributed by atoms with van der Waals surface area (Å²) in [5.74, 6) is -0.00394. The maximum atomic E-state index is 12.6. The highest BCUT2D eigenvalue weighted by Gasteiger charge is 2.34. The van der Waals surface area contributed by atoms with Crippen molar-refractivity contribution in [3.63, 3.8) is 0 Å². The first-order chi connectivity index (χ1) is 12.8. The number of alkyl halides is 3. The molecule has 0 spiro atoms. The molecule has 1 aromatic carbocycles. The van der Waals surface area contributed by atoms with E-state index < -0.39 is 17.8 Å². The SMILES string of the molecule is COc1ccc(C(=O)N2CCN(C(=O)c3c[nH]c(C(F)(F)F)c3)CC2)cc1. The van der Waals surface area contributed by atoms with Gasteiger partial charge in [0.15, 0.2) is 0 Å². The number of aromatic nitrogens is 1. The van der Waals surface area contributed by atoms with Gasteiger partial charge in [0.1, 0.15) is 11.4 Å². The van der Waals surface area contributed by atoms with Crippen molar-refractivity contribution < 1.29 is 27.5 Å². The van der Waals surface area contributed by atoms with E-state index in [0.29, 0.717) is 24.4 Å². The molecule has 2 aromatic rings. The number of methoxy groups -OCH3 is 1. The molecule has 0 atom stereocenters. The van der Waals surface area contributed by atoms with Gasteiger partial charge in [-0.25, -0.2) is 0 Å². The lowest BCUT2D eigenvalue weighted by Crippen LogP contribution is -2.50. The first-order valence-corrected chi connectivity index (χ1v) is 8.28. The highest BCUT2D eigenvalue weighted by atomic mass is 19.4. The fourth-order valence-corrected chi connectivity index (χ4v) is 2.89. The molecule has 1 saturated heterocycles. The van der Waals surface area contributed by atoms with Crippen LogP contribution < -0.4 is 4.74 Å². The number of piperazine rings is 1. The Morgan fingerprint density at radius 3 is 1.93 bits per heavy atom. The van der Waals surface area contributed by atoms with Gasteiger partial charge in [0.2, 0.25) is 0 Å². The summed E-state index contributed by atoms with van der Waals surface area (Å²) < 4.78 is 43.0. The van der Waals surface area contributed by atoms with Gasteiger partial charge in [0, 0.05) is 37.9 Å². The fraction of sp³-hybridized carbons (Fsp3) is 0.333. The largest absolute Gasteiger partial charge is 0.497 e. The number of halogens is 3.